The minimum Gasteiger partial charge on any atom is -0.387 e. The van der Waals surface area contributed by atoms with Gasteiger partial charge in [0.1, 0.15) is 6.10 Å². The number of allylic oxidation sites excluding steroid dienone is 7. The van der Waals surface area contributed by atoms with Crippen molar-refractivity contribution in [2.45, 2.75) is 148 Å². The Kier molecular flexibility index (Phi) is 26.0. The quantitative estimate of drug-likeness (QED) is 0.0445. The Labute approximate surface area is 251 Å². The summed E-state index contributed by atoms with van der Waals surface area (Å²) in [5.41, 5.74) is 0. The minimum atomic E-state index is -4.45. The normalized spacial score (nSPS) is 15.0. The fraction of sp³-hybridized carbons (Fsp3) is 0.727. The van der Waals surface area contributed by atoms with Crippen LogP contribution in [-0.2, 0) is 14.9 Å². The summed E-state index contributed by atoms with van der Waals surface area (Å²) < 4.78 is 32.2. The van der Waals surface area contributed by atoms with Crippen molar-refractivity contribution in [1.29, 1.82) is 0 Å². The Hall–Kier alpha value is -1.74. The summed E-state index contributed by atoms with van der Waals surface area (Å²) in [5.74, 6) is -1.59. The first kappa shape index (κ1) is 39.3. The molecule has 0 aromatic carbocycles. The number of nitrogens with one attached hydrogen (secondary N) is 1. The molecule has 41 heavy (non-hydrogen) atoms. The standard InChI is InChI=1S/C33H59NO6S/c1-3-5-7-9-11-13-15-17-19-21-23-25-27-31(35)30(29-41(38,39)40)34-33(37)32(36)28-26-24-22-20-18-16-14-12-10-8-6-4-2/h9,11,17-20,25,27,30-32,35-36H,3-8,10,12-16,21-24,26,28-29H2,1-2H3,(H,34,37)(H,38,39,40)/b11-9+,19-17+,20-18-,27-25+. The van der Waals surface area contributed by atoms with Crippen LogP contribution in [0.5, 0.6) is 0 Å². The third-order valence-corrected chi connectivity index (χ3v) is 7.59. The maximum Gasteiger partial charge on any atom is 0.267 e. The van der Waals surface area contributed by atoms with Crippen molar-refractivity contribution in [2.24, 2.45) is 0 Å². The Balaban J connectivity index is 4.36. The van der Waals surface area contributed by atoms with Crippen LogP contribution < -0.4 is 5.32 Å². The lowest BCUT2D eigenvalue weighted by atomic mass is 10.1. The van der Waals surface area contributed by atoms with Crippen LogP contribution in [0, 0.1) is 0 Å². The van der Waals surface area contributed by atoms with Gasteiger partial charge in [-0.05, 0) is 64.2 Å². The Morgan fingerprint density at radius 1 is 0.659 bits per heavy atom. The average molecular weight is 598 g/mol. The molecule has 7 nitrogen and oxygen atoms in total. The number of aliphatic hydroxyl groups excluding tert-OH is 2. The maximum atomic E-state index is 12.5. The topological polar surface area (TPSA) is 124 Å². The molecular formula is C33H59NO6S. The maximum absolute atomic E-state index is 12.5. The first-order valence-corrected chi connectivity index (χ1v) is 17.6. The Bertz CT molecular complexity index is 850. The number of hydrogen-bond donors (Lipinski definition) is 4. The van der Waals surface area contributed by atoms with Gasteiger partial charge in [-0.25, -0.2) is 0 Å². The van der Waals surface area contributed by atoms with Crippen LogP contribution in [0.15, 0.2) is 48.6 Å². The molecule has 0 aromatic heterocycles. The van der Waals surface area contributed by atoms with E-state index in [2.05, 4.69) is 55.6 Å². The highest BCUT2D eigenvalue weighted by Gasteiger charge is 2.27. The van der Waals surface area contributed by atoms with Gasteiger partial charge in [-0.1, -0.05) is 114 Å². The van der Waals surface area contributed by atoms with E-state index in [1.807, 2.05) is 0 Å². The molecule has 0 spiro atoms. The van der Waals surface area contributed by atoms with Gasteiger partial charge in [0.15, 0.2) is 0 Å². The lowest BCUT2D eigenvalue weighted by Gasteiger charge is -2.22. The summed E-state index contributed by atoms with van der Waals surface area (Å²) in [7, 11) is -4.45. The molecule has 0 radical (unpaired) electrons. The second kappa shape index (κ2) is 27.1. The van der Waals surface area contributed by atoms with Gasteiger partial charge in [-0.15, -0.1) is 0 Å². The van der Waals surface area contributed by atoms with Crippen LogP contribution in [-0.4, -0.2) is 53.1 Å². The molecule has 0 aliphatic heterocycles. The molecule has 3 unspecified atom stereocenters. The number of hydrogen-bond acceptors (Lipinski definition) is 5. The highest BCUT2D eigenvalue weighted by atomic mass is 32.2. The van der Waals surface area contributed by atoms with Crippen molar-refractivity contribution >= 4 is 16.0 Å². The van der Waals surface area contributed by atoms with E-state index in [1.54, 1.807) is 6.08 Å². The van der Waals surface area contributed by atoms with E-state index in [9.17, 15) is 28.0 Å². The molecule has 8 heteroatoms. The van der Waals surface area contributed by atoms with E-state index in [0.29, 0.717) is 12.8 Å². The van der Waals surface area contributed by atoms with Crippen molar-refractivity contribution in [3.63, 3.8) is 0 Å². The molecular weight excluding hydrogens is 538 g/mol. The van der Waals surface area contributed by atoms with Gasteiger partial charge in [0.2, 0.25) is 5.91 Å². The van der Waals surface area contributed by atoms with E-state index in [0.717, 1.165) is 44.9 Å². The molecule has 0 heterocycles. The number of rotatable bonds is 27. The summed E-state index contributed by atoms with van der Waals surface area (Å²) in [6.45, 7) is 4.40. The van der Waals surface area contributed by atoms with Crippen LogP contribution in [0.2, 0.25) is 0 Å². The second-order valence-corrected chi connectivity index (χ2v) is 12.3. The molecule has 1 amide bonds. The third-order valence-electron chi connectivity index (χ3n) is 6.81. The second-order valence-electron chi connectivity index (χ2n) is 10.9. The van der Waals surface area contributed by atoms with E-state index in [1.165, 1.54) is 57.4 Å². The predicted octanol–water partition coefficient (Wildman–Crippen LogP) is 7.37. The molecule has 0 saturated carbocycles. The van der Waals surface area contributed by atoms with Crippen molar-refractivity contribution < 1.29 is 28.0 Å². The molecule has 4 N–H and O–H groups in total. The van der Waals surface area contributed by atoms with Crippen LogP contribution in [0.25, 0.3) is 0 Å². The van der Waals surface area contributed by atoms with Crippen LogP contribution in [0.4, 0.5) is 0 Å². The molecule has 0 aliphatic rings. The van der Waals surface area contributed by atoms with Crippen molar-refractivity contribution in [3.8, 4) is 0 Å². The highest BCUT2D eigenvalue weighted by molar-refractivity contribution is 7.85. The van der Waals surface area contributed by atoms with Gasteiger partial charge in [0.25, 0.3) is 10.1 Å². The van der Waals surface area contributed by atoms with Gasteiger partial charge >= 0.3 is 0 Å². The smallest absolute Gasteiger partial charge is 0.267 e. The number of carbonyl (C=O) groups is 1. The SMILES string of the molecule is CCCC/C=C/CC/C=C/CC/C=C/C(O)C(CS(=O)(=O)O)NC(=O)C(O)CCCC/C=C\CCCCCCCC. The van der Waals surface area contributed by atoms with Crippen molar-refractivity contribution in [1.82, 2.24) is 5.32 Å². The number of amides is 1. The van der Waals surface area contributed by atoms with Gasteiger partial charge in [0.05, 0.1) is 17.9 Å². The fourth-order valence-corrected chi connectivity index (χ4v) is 5.02. The van der Waals surface area contributed by atoms with E-state index >= 15 is 0 Å². The van der Waals surface area contributed by atoms with Gasteiger partial charge < -0.3 is 15.5 Å². The molecule has 0 aromatic rings. The van der Waals surface area contributed by atoms with E-state index < -0.39 is 40.0 Å². The molecule has 0 fully saturated rings. The number of aliphatic hydroxyl groups is 2. The minimum absolute atomic E-state index is 0.239. The lowest BCUT2D eigenvalue weighted by molar-refractivity contribution is -0.130. The van der Waals surface area contributed by atoms with Crippen molar-refractivity contribution in [3.05, 3.63) is 48.6 Å². The highest BCUT2D eigenvalue weighted by Crippen LogP contribution is 2.10. The molecule has 0 bridgehead atoms. The summed E-state index contributed by atoms with van der Waals surface area (Å²) in [4.78, 5) is 12.5. The average Bonchev–Trinajstić information content (AvgIpc) is 2.92. The Morgan fingerprint density at radius 2 is 1.12 bits per heavy atom. The van der Waals surface area contributed by atoms with Crippen LogP contribution >= 0.6 is 0 Å². The third kappa shape index (κ3) is 26.9. The monoisotopic (exact) mass is 597 g/mol. The zero-order valence-corrected chi connectivity index (χ0v) is 26.6. The zero-order chi connectivity index (χ0) is 30.6. The lowest BCUT2D eigenvalue weighted by Crippen LogP contribution is -2.50. The molecule has 238 valence electrons. The summed E-state index contributed by atoms with van der Waals surface area (Å²) in [6, 6.07) is -1.26. The van der Waals surface area contributed by atoms with Gasteiger partial charge in [-0.2, -0.15) is 8.42 Å². The molecule has 0 aliphatic carbocycles. The predicted molar refractivity (Wildman–Crippen MR) is 171 cm³/mol. The van der Waals surface area contributed by atoms with Gasteiger partial charge in [-0.3, -0.25) is 9.35 Å². The first-order valence-electron chi connectivity index (χ1n) is 15.9. The fourth-order valence-electron chi connectivity index (χ4n) is 4.29. The Morgan fingerprint density at radius 3 is 1.68 bits per heavy atom. The molecule has 0 saturated heterocycles. The number of carbonyl (C=O) groups excluding carboxylic acids is 1. The van der Waals surface area contributed by atoms with Crippen molar-refractivity contribution in [2.75, 3.05) is 5.75 Å². The summed E-state index contributed by atoms with van der Waals surface area (Å²) in [6.07, 6.45) is 31.7. The number of unbranched alkanes of at least 4 members (excludes halogenated alkanes) is 12. The van der Waals surface area contributed by atoms with Crippen LogP contribution in [0.3, 0.4) is 0 Å². The summed E-state index contributed by atoms with van der Waals surface area (Å²) in [5, 5.41) is 23.1. The van der Waals surface area contributed by atoms with E-state index in [-0.39, 0.29) is 6.42 Å². The molecule has 3 atom stereocenters. The summed E-state index contributed by atoms with van der Waals surface area (Å²) >= 11 is 0. The van der Waals surface area contributed by atoms with Gasteiger partial charge in [0, 0.05) is 0 Å². The van der Waals surface area contributed by atoms with E-state index in [4.69, 9.17) is 0 Å². The molecule has 0 rings (SSSR count). The zero-order valence-electron chi connectivity index (χ0n) is 25.8. The van der Waals surface area contributed by atoms with Crippen LogP contribution in [0.1, 0.15) is 129 Å². The first-order chi connectivity index (χ1) is 19.7. The largest absolute Gasteiger partial charge is 0.387 e.